The van der Waals surface area contributed by atoms with Gasteiger partial charge in [0.25, 0.3) is 0 Å². The lowest BCUT2D eigenvalue weighted by molar-refractivity contribution is 0.0689. The molecule has 0 fully saturated rings. The van der Waals surface area contributed by atoms with Crippen LogP contribution in [0.5, 0.6) is 0 Å². The highest BCUT2D eigenvalue weighted by molar-refractivity contribution is 5.92. The van der Waals surface area contributed by atoms with Crippen molar-refractivity contribution in [3.05, 3.63) is 59.5 Å². The molecule has 2 heterocycles. The number of aromatic carboxylic acids is 1. The second-order valence-corrected chi connectivity index (χ2v) is 5.08. The Kier molecular flexibility index (Phi) is 3.47. The number of hydrogen-bond donors (Lipinski definition) is 2. The number of H-pyrrole nitrogens is 1. The first-order chi connectivity index (χ1) is 10.6. The second kappa shape index (κ2) is 5.44. The summed E-state index contributed by atoms with van der Waals surface area (Å²) in [4.78, 5) is 15.2. The highest BCUT2D eigenvalue weighted by atomic mass is 16.4. The third kappa shape index (κ3) is 2.26. The van der Waals surface area contributed by atoms with Gasteiger partial charge in [0.1, 0.15) is 5.69 Å². The number of carboxylic acids is 1. The number of nitrogens with zero attached hydrogens (tertiary/aromatic N) is 2. The number of carbonyl (C=O) groups is 1. The molecule has 0 unspecified atom stereocenters. The molecule has 22 heavy (non-hydrogen) atoms. The van der Waals surface area contributed by atoms with E-state index in [2.05, 4.69) is 15.2 Å². The fourth-order valence-corrected chi connectivity index (χ4v) is 2.59. The number of aromatic amines is 1. The van der Waals surface area contributed by atoms with Gasteiger partial charge in [0.15, 0.2) is 5.69 Å². The fraction of sp³-hybridized carbons (Fsp3) is 0.118. The van der Waals surface area contributed by atoms with E-state index in [-0.39, 0.29) is 5.69 Å². The molecule has 3 rings (SSSR count). The second-order valence-electron chi connectivity index (χ2n) is 5.08. The van der Waals surface area contributed by atoms with E-state index in [1.54, 1.807) is 6.92 Å². The summed E-state index contributed by atoms with van der Waals surface area (Å²) in [6.07, 6.45) is 1.52. The third-order valence-electron chi connectivity index (χ3n) is 3.67. The topological polar surface area (TPSA) is 78.9 Å². The Morgan fingerprint density at radius 1 is 1.14 bits per heavy atom. The molecule has 0 bridgehead atoms. The van der Waals surface area contributed by atoms with Crippen molar-refractivity contribution in [1.82, 2.24) is 15.2 Å². The van der Waals surface area contributed by atoms with Gasteiger partial charge in [0, 0.05) is 23.0 Å². The number of pyridine rings is 1. The van der Waals surface area contributed by atoms with Crippen LogP contribution < -0.4 is 0 Å². The molecule has 0 saturated carbocycles. The number of hydrogen-bond acceptors (Lipinski definition) is 3. The zero-order chi connectivity index (χ0) is 15.7. The van der Waals surface area contributed by atoms with Gasteiger partial charge in [0.2, 0.25) is 0 Å². The lowest BCUT2D eigenvalue weighted by Gasteiger charge is -2.09. The lowest BCUT2D eigenvalue weighted by Crippen LogP contribution is -2.04. The molecule has 0 aliphatic carbocycles. The van der Waals surface area contributed by atoms with E-state index in [0.717, 1.165) is 28.1 Å². The minimum absolute atomic E-state index is 0.0668. The maximum Gasteiger partial charge on any atom is 0.354 e. The lowest BCUT2D eigenvalue weighted by atomic mass is 9.95. The number of aryl methyl sites for hydroxylation is 1. The molecule has 5 nitrogen and oxygen atoms in total. The summed E-state index contributed by atoms with van der Waals surface area (Å²) in [5.41, 5.74) is 5.13. The van der Waals surface area contributed by atoms with Gasteiger partial charge in [0.05, 0.1) is 0 Å². The minimum atomic E-state index is -1.03. The molecule has 0 atom stereocenters. The van der Waals surface area contributed by atoms with Gasteiger partial charge >= 0.3 is 5.97 Å². The Bertz CT molecular complexity index is 838. The SMILES string of the molecule is Cc1[nH]nc(-c2ccccc2)c1-c1ccnc(C(=O)O)c1C. The zero-order valence-electron chi connectivity index (χ0n) is 12.3. The van der Waals surface area contributed by atoms with Crippen LogP contribution in [0, 0.1) is 13.8 Å². The number of aromatic nitrogens is 3. The van der Waals surface area contributed by atoms with Crippen LogP contribution in [0.4, 0.5) is 0 Å². The van der Waals surface area contributed by atoms with Crippen molar-refractivity contribution in [1.29, 1.82) is 0 Å². The zero-order valence-corrected chi connectivity index (χ0v) is 12.3. The van der Waals surface area contributed by atoms with Crippen LogP contribution in [0.1, 0.15) is 21.7 Å². The van der Waals surface area contributed by atoms with Crippen LogP contribution in [-0.2, 0) is 0 Å². The van der Waals surface area contributed by atoms with E-state index in [4.69, 9.17) is 0 Å². The molecule has 0 spiro atoms. The normalized spacial score (nSPS) is 10.6. The predicted octanol–water partition coefficient (Wildman–Crippen LogP) is 3.45. The summed E-state index contributed by atoms with van der Waals surface area (Å²) in [6, 6.07) is 11.6. The molecular formula is C17H15N3O2. The quantitative estimate of drug-likeness (QED) is 0.775. The van der Waals surface area contributed by atoms with E-state index in [1.165, 1.54) is 6.20 Å². The van der Waals surface area contributed by atoms with Gasteiger partial charge in [-0.05, 0) is 31.0 Å². The molecule has 1 aromatic carbocycles. The maximum absolute atomic E-state index is 11.3. The van der Waals surface area contributed by atoms with Crippen molar-refractivity contribution >= 4 is 5.97 Å². The predicted molar refractivity (Wildman–Crippen MR) is 83.7 cm³/mol. The van der Waals surface area contributed by atoms with Gasteiger partial charge in [-0.3, -0.25) is 5.10 Å². The molecule has 2 aromatic heterocycles. The van der Waals surface area contributed by atoms with Crippen molar-refractivity contribution in [3.63, 3.8) is 0 Å². The van der Waals surface area contributed by atoms with Gasteiger partial charge < -0.3 is 5.11 Å². The van der Waals surface area contributed by atoms with Crippen LogP contribution in [-0.4, -0.2) is 26.3 Å². The van der Waals surface area contributed by atoms with Crippen LogP contribution in [0.25, 0.3) is 22.4 Å². The summed E-state index contributed by atoms with van der Waals surface area (Å²) in [5, 5.41) is 16.6. The van der Waals surface area contributed by atoms with E-state index in [1.807, 2.05) is 43.3 Å². The molecule has 5 heteroatoms. The van der Waals surface area contributed by atoms with E-state index in [9.17, 15) is 9.90 Å². The molecule has 3 aromatic rings. The summed E-state index contributed by atoms with van der Waals surface area (Å²) < 4.78 is 0. The number of nitrogens with one attached hydrogen (secondary N) is 1. The molecule has 110 valence electrons. The van der Waals surface area contributed by atoms with Crippen molar-refractivity contribution < 1.29 is 9.90 Å². The molecule has 0 amide bonds. The smallest absolute Gasteiger partial charge is 0.354 e. The van der Waals surface area contributed by atoms with Crippen LogP contribution in [0.3, 0.4) is 0 Å². The Hall–Kier alpha value is -2.95. The van der Waals surface area contributed by atoms with Crippen molar-refractivity contribution in [2.45, 2.75) is 13.8 Å². The summed E-state index contributed by atoms with van der Waals surface area (Å²) in [5.74, 6) is -1.03. The monoisotopic (exact) mass is 293 g/mol. The third-order valence-corrected chi connectivity index (χ3v) is 3.67. The van der Waals surface area contributed by atoms with E-state index < -0.39 is 5.97 Å². The first-order valence-electron chi connectivity index (χ1n) is 6.89. The summed E-state index contributed by atoms with van der Waals surface area (Å²) in [6.45, 7) is 3.70. The molecule has 0 aliphatic heterocycles. The van der Waals surface area contributed by atoms with Gasteiger partial charge in [-0.2, -0.15) is 5.10 Å². The Balaban J connectivity index is 2.24. The fourth-order valence-electron chi connectivity index (χ4n) is 2.59. The van der Waals surface area contributed by atoms with Gasteiger partial charge in [-0.25, -0.2) is 9.78 Å². The van der Waals surface area contributed by atoms with Crippen LogP contribution in [0.2, 0.25) is 0 Å². The van der Waals surface area contributed by atoms with Crippen molar-refractivity contribution in [2.75, 3.05) is 0 Å². The first kappa shape index (κ1) is 14.0. The van der Waals surface area contributed by atoms with E-state index in [0.29, 0.717) is 5.56 Å². The van der Waals surface area contributed by atoms with Crippen molar-refractivity contribution in [3.8, 4) is 22.4 Å². The van der Waals surface area contributed by atoms with Gasteiger partial charge in [-0.1, -0.05) is 30.3 Å². The highest BCUT2D eigenvalue weighted by Gasteiger charge is 2.19. The molecule has 0 saturated heterocycles. The average molecular weight is 293 g/mol. The Morgan fingerprint density at radius 3 is 2.55 bits per heavy atom. The van der Waals surface area contributed by atoms with E-state index >= 15 is 0 Å². The number of benzene rings is 1. The first-order valence-corrected chi connectivity index (χ1v) is 6.89. The molecular weight excluding hydrogens is 278 g/mol. The molecule has 0 aliphatic rings. The largest absolute Gasteiger partial charge is 0.477 e. The van der Waals surface area contributed by atoms with Crippen LogP contribution >= 0.6 is 0 Å². The standard InChI is InChI=1S/C17H15N3O2/c1-10-13(8-9-18-15(10)17(21)22)14-11(2)19-20-16(14)12-6-4-3-5-7-12/h3-9H,1-2H3,(H,19,20)(H,21,22). The minimum Gasteiger partial charge on any atom is -0.477 e. The Morgan fingerprint density at radius 2 is 1.86 bits per heavy atom. The number of carboxylic acid groups (broad SMARTS) is 1. The summed E-state index contributed by atoms with van der Waals surface area (Å²) in [7, 11) is 0. The Labute approximate surface area is 127 Å². The number of rotatable bonds is 3. The average Bonchev–Trinajstić information content (AvgIpc) is 2.90. The maximum atomic E-state index is 11.3. The van der Waals surface area contributed by atoms with Crippen molar-refractivity contribution in [2.24, 2.45) is 0 Å². The highest BCUT2D eigenvalue weighted by Crippen LogP contribution is 2.35. The summed E-state index contributed by atoms with van der Waals surface area (Å²) >= 11 is 0. The van der Waals surface area contributed by atoms with Crippen LogP contribution in [0.15, 0.2) is 42.6 Å². The molecule has 0 radical (unpaired) electrons. The van der Waals surface area contributed by atoms with Gasteiger partial charge in [-0.15, -0.1) is 0 Å². The molecule has 2 N–H and O–H groups in total.